The molecule has 0 aliphatic carbocycles. The molecule has 74 valence electrons. The highest BCUT2D eigenvalue weighted by Gasteiger charge is 2.22. The van der Waals surface area contributed by atoms with E-state index < -0.39 is 0 Å². The minimum Gasteiger partial charge on any atom is -0.468 e. The number of hydrogen-bond donors (Lipinski definition) is 0. The summed E-state index contributed by atoms with van der Waals surface area (Å²) in [7, 11) is 1.37. The number of ether oxygens (including phenoxy) is 1. The lowest BCUT2D eigenvalue weighted by atomic mass is 10.2. The van der Waals surface area contributed by atoms with Gasteiger partial charge in [0.1, 0.15) is 6.54 Å². The molecule has 1 aromatic rings. The van der Waals surface area contributed by atoms with E-state index in [1.54, 1.807) is 5.06 Å². The molecule has 0 amide bonds. The highest BCUT2D eigenvalue weighted by atomic mass is 16.7. The summed E-state index contributed by atoms with van der Waals surface area (Å²) in [6.45, 7) is 0.788. The molecule has 2 rings (SSSR count). The smallest absolute Gasteiger partial charge is 0.323 e. The molecule has 0 fully saturated rings. The molecule has 0 atom stereocenters. The Balaban J connectivity index is 2.01. The largest absolute Gasteiger partial charge is 0.468 e. The summed E-state index contributed by atoms with van der Waals surface area (Å²) < 4.78 is 4.55. The van der Waals surface area contributed by atoms with Crippen LogP contribution in [0.25, 0.3) is 0 Å². The molecule has 0 saturated carbocycles. The first-order chi connectivity index (χ1) is 6.79. The van der Waals surface area contributed by atoms with E-state index in [9.17, 15) is 4.79 Å². The lowest BCUT2D eigenvalue weighted by Gasteiger charge is -2.11. The van der Waals surface area contributed by atoms with Crippen LogP contribution in [0.1, 0.15) is 5.56 Å². The van der Waals surface area contributed by atoms with Crippen LogP contribution >= 0.6 is 0 Å². The van der Waals surface area contributed by atoms with Crippen LogP contribution in [0.15, 0.2) is 24.3 Å². The zero-order valence-electron chi connectivity index (χ0n) is 7.90. The third kappa shape index (κ3) is 1.70. The van der Waals surface area contributed by atoms with Gasteiger partial charge in [0.25, 0.3) is 0 Å². The fourth-order valence-corrected chi connectivity index (χ4v) is 1.38. The summed E-state index contributed by atoms with van der Waals surface area (Å²) in [4.78, 5) is 16.4. The van der Waals surface area contributed by atoms with E-state index >= 15 is 0 Å². The highest BCUT2D eigenvalue weighted by molar-refractivity contribution is 5.71. The number of rotatable bonds is 2. The summed E-state index contributed by atoms with van der Waals surface area (Å²) in [5.74, 6) is 0.522. The Hall–Kier alpha value is -1.55. The summed E-state index contributed by atoms with van der Waals surface area (Å²) in [5.41, 5.74) is 1.09. The van der Waals surface area contributed by atoms with Crippen molar-refractivity contribution >= 4 is 5.97 Å². The normalized spacial score (nSPS) is 14.6. The Morgan fingerprint density at radius 1 is 1.57 bits per heavy atom. The summed E-state index contributed by atoms with van der Waals surface area (Å²) >= 11 is 0. The van der Waals surface area contributed by atoms with Gasteiger partial charge in [0.2, 0.25) is 0 Å². The fourth-order valence-electron chi connectivity index (χ4n) is 1.38. The third-order valence-corrected chi connectivity index (χ3v) is 2.08. The van der Waals surface area contributed by atoms with Crippen LogP contribution in [-0.4, -0.2) is 24.7 Å². The number of hydroxylamine groups is 2. The van der Waals surface area contributed by atoms with E-state index in [-0.39, 0.29) is 12.5 Å². The van der Waals surface area contributed by atoms with Gasteiger partial charge in [-0.15, -0.1) is 5.06 Å². The van der Waals surface area contributed by atoms with Crippen LogP contribution in [-0.2, 0) is 16.1 Å². The highest BCUT2D eigenvalue weighted by Crippen LogP contribution is 2.26. The van der Waals surface area contributed by atoms with Crippen LogP contribution in [0.4, 0.5) is 0 Å². The van der Waals surface area contributed by atoms with E-state index in [0.29, 0.717) is 6.54 Å². The van der Waals surface area contributed by atoms with Crippen molar-refractivity contribution < 1.29 is 14.4 Å². The van der Waals surface area contributed by atoms with Crippen molar-refractivity contribution in [1.82, 2.24) is 5.06 Å². The first kappa shape index (κ1) is 9.02. The second-order valence-corrected chi connectivity index (χ2v) is 3.07. The lowest BCUT2D eigenvalue weighted by Crippen LogP contribution is -2.28. The first-order valence-electron chi connectivity index (χ1n) is 4.37. The van der Waals surface area contributed by atoms with Crippen molar-refractivity contribution in [1.29, 1.82) is 0 Å². The lowest BCUT2D eigenvalue weighted by molar-refractivity contribution is -0.150. The Labute approximate surface area is 82.0 Å². The van der Waals surface area contributed by atoms with Crippen LogP contribution in [0, 0.1) is 0 Å². The van der Waals surface area contributed by atoms with E-state index in [2.05, 4.69) is 4.74 Å². The Bertz CT molecular complexity index is 326. The van der Waals surface area contributed by atoms with Crippen molar-refractivity contribution in [2.24, 2.45) is 0 Å². The van der Waals surface area contributed by atoms with Crippen molar-refractivity contribution in [3.63, 3.8) is 0 Å². The molecule has 0 N–H and O–H groups in total. The SMILES string of the molecule is COC(=O)CN1Cc2ccccc2O1. The molecule has 0 aromatic heterocycles. The van der Waals surface area contributed by atoms with Gasteiger partial charge in [-0.25, -0.2) is 0 Å². The van der Waals surface area contributed by atoms with Crippen molar-refractivity contribution in [3.8, 4) is 5.75 Å². The second-order valence-electron chi connectivity index (χ2n) is 3.07. The Morgan fingerprint density at radius 2 is 2.36 bits per heavy atom. The monoisotopic (exact) mass is 193 g/mol. The minimum atomic E-state index is -0.294. The second kappa shape index (κ2) is 3.67. The predicted octanol–water partition coefficient (Wildman–Crippen LogP) is 0.969. The average molecular weight is 193 g/mol. The van der Waals surface area contributed by atoms with Crippen LogP contribution in [0.3, 0.4) is 0 Å². The molecule has 1 aliphatic heterocycles. The van der Waals surface area contributed by atoms with Crippen molar-refractivity contribution in [2.45, 2.75) is 6.54 Å². The number of nitrogens with zero attached hydrogens (tertiary/aromatic N) is 1. The Kier molecular flexibility index (Phi) is 2.37. The maximum atomic E-state index is 11.0. The van der Waals surface area contributed by atoms with Gasteiger partial charge in [-0.2, -0.15) is 0 Å². The molecule has 1 aliphatic rings. The van der Waals surface area contributed by atoms with Gasteiger partial charge in [0, 0.05) is 5.56 Å². The van der Waals surface area contributed by atoms with Crippen LogP contribution in [0.5, 0.6) is 5.75 Å². The van der Waals surface area contributed by atoms with E-state index in [0.717, 1.165) is 11.3 Å². The number of carbonyl (C=O) groups excluding carboxylic acids is 1. The number of hydrogen-bond acceptors (Lipinski definition) is 4. The van der Waals surface area contributed by atoms with Gasteiger partial charge in [-0.1, -0.05) is 18.2 Å². The van der Waals surface area contributed by atoms with E-state index in [1.807, 2.05) is 24.3 Å². The van der Waals surface area contributed by atoms with E-state index in [1.165, 1.54) is 7.11 Å². The first-order valence-corrected chi connectivity index (χ1v) is 4.37. The zero-order valence-corrected chi connectivity index (χ0v) is 7.90. The fraction of sp³-hybridized carbons (Fsp3) is 0.300. The summed E-state index contributed by atoms with van der Waals surface area (Å²) in [6.07, 6.45) is 0. The maximum Gasteiger partial charge on any atom is 0.323 e. The zero-order chi connectivity index (χ0) is 9.97. The van der Waals surface area contributed by atoms with Crippen LogP contribution in [0.2, 0.25) is 0 Å². The molecule has 0 unspecified atom stereocenters. The van der Waals surface area contributed by atoms with Gasteiger partial charge < -0.3 is 9.57 Å². The Morgan fingerprint density at radius 3 is 3.07 bits per heavy atom. The van der Waals surface area contributed by atoms with Gasteiger partial charge >= 0.3 is 5.97 Å². The number of fused-ring (bicyclic) bond motifs is 1. The standard InChI is InChI=1S/C10H11NO3/c1-13-10(12)7-11-6-8-4-2-3-5-9(8)14-11/h2-5H,6-7H2,1H3. The van der Waals surface area contributed by atoms with Gasteiger partial charge in [0.05, 0.1) is 13.7 Å². The molecule has 14 heavy (non-hydrogen) atoms. The number of methoxy groups -OCH3 is 1. The number of benzene rings is 1. The molecule has 4 nitrogen and oxygen atoms in total. The van der Waals surface area contributed by atoms with Crippen molar-refractivity contribution in [3.05, 3.63) is 29.8 Å². The molecule has 0 radical (unpaired) electrons. The molecule has 1 heterocycles. The molecule has 0 spiro atoms. The van der Waals surface area contributed by atoms with E-state index in [4.69, 9.17) is 4.84 Å². The molecule has 0 bridgehead atoms. The summed E-state index contributed by atoms with van der Waals surface area (Å²) in [6, 6.07) is 7.71. The minimum absolute atomic E-state index is 0.158. The van der Waals surface area contributed by atoms with Gasteiger partial charge in [-0.3, -0.25) is 4.79 Å². The van der Waals surface area contributed by atoms with Crippen LogP contribution < -0.4 is 4.84 Å². The quantitative estimate of drug-likeness (QED) is 0.656. The molecule has 0 saturated heterocycles. The average Bonchev–Trinajstić information content (AvgIpc) is 2.59. The number of esters is 1. The maximum absolute atomic E-state index is 11.0. The summed E-state index contributed by atoms with van der Waals surface area (Å²) in [5, 5.41) is 1.58. The molecular formula is C10H11NO3. The van der Waals surface area contributed by atoms with Gasteiger partial charge in [-0.05, 0) is 6.07 Å². The number of para-hydroxylation sites is 1. The van der Waals surface area contributed by atoms with Crippen molar-refractivity contribution in [2.75, 3.05) is 13.7 Å². The number of carbonyl (C=O) groups is 1. The predicted molar refractivity (Wildman–Crippen MR) is 49.5 cm³/mol. The molecular weight excluding hydrogens is 182 g/mol. The van der Waals surface area contributed by atoms with Gasteiger partial charge in [0.15, 0.2) is 5.75 Å². The third-order valence-electron chi connectivity index (χ3n) is 2.08. The topological polar surface area (TPSA) is 38.8 Å². The molecule has 1 aromatic carbocycles. The molecule has 4 heteroatoms.